The lowest BCUT2D eigenvalue weighted by atomic mass is 10.1. The number of hydrogen-bond donors (Lipinski definition) is 2. The zero-order valence-corrected chi connectivity index (χ0v) is 19.9. The highest BCUT2D eigenvalue weighted by atomic mass is 35.5. The second kappa shape index (κ2) is 10.8. The van der Waals surface area contributed by atoms with Gasteiger partial charge in [-0.25, -0.2) is 14.4 Å². The standard InChI is InChI=1S/C24H27ClFN5O3/c1-3-27-22(32)13-31-9-7-15(8-10-31)34-21-11-16-19(12-20(21)33-2)28-14-29-24(16)30-18-6-4-5-17(25)23(18)26/h4-6,11-12,14-15H,3,7-10,13H2,1-2H3,(H,27,32)(H,28,29,30). The van der Waals surface area contributed by atoms with Gasteiger partial charge in [-0.1, -0.05) is 17.7 Å². The molecule has 1 amide bonds. The Balaban J connectivity index is 1.53. The third kappa shape index (κ3) is 5.48. The highest BCUT2D eigenvalue weighted by molar-refractivity contribution is 6.31. The number of benzene rings is 2. The Morgan fingerprint density at radius 3 is 2.76 bits per heavy atom. The normalized spacial score (nSPS) is 14.7. The Labute approximate surface area is 202 Å². The van der Waals surface area contributed by atoms with Crippen molar-refractivity contribution >= 4 is 39.9 Å². The lowest BCUT2D eigenvalue weighted by Gasteiger charge is -2.32. The molecule has 8 nitrogen and oxygen atoms in total. The van der Waals surface area contributed by atoms with E-state index < -0.39 is 5.82 Å². The first kappa shape index (κ1) is 24.0. The number of fused-ring (bicyclic) bond motifs is 1. The minimum atomic E-state index is -0.555. The van der Waals surface area contributed by atoms with E-state index in [4.69, 9.17) is 21.1 Å². The van der Waals surface area contributed by atoms with Crippen molar-refractivity contribution in [1.82, 2.24) is 20.2 Å². The molecule has 1 fully saturated rings. The van der Waals surface area contributed by atoms with Crippen LogP contribution in [0.3, 0.4) is 0 Å². The van der Waals surface area contributed by atoms with Crippen LogP contribution in [-0.2, 0) is 4.79 Å². The van der Waals surface area contributed by atoms with E-state index in [1.165, 1.54) is 12.4 Å². The number of amides is 1. The number of anilines is 2. The second-order valence-corrected chi connectivity index (χ2v) is 8.42. The number of carbonyl (C=O) groups is 1. The van der Waals surface area contributed by atoms with Gasteiger partial charge in [-0.15, -0.1) is 0 Å². The van der Waals surface area contributed by atoms with Crippen molar-refractivity contribution in [2.24, 2.45) is 0 Å². The Hall–Kier alpha value is -3.17. The number of ether oxygens (including phenoxy) is 2. The Bertz CT molecular complexity index is 1170. The average Bonchev–Trinajstić information content (AvgIpc) is 2.83. The molecule has 2 aromatic carbocycles. The monoisotopic (exact) mass is 487 g/mol. The molecule has 3 aromatic rings. The van der Waals surface area contributed by atoms with E-state index >= 15 is 0 Å². The summed E-state index contributed by atoms with van der Waals surface area (Å²) in [4.78, 5) is 22.6. The molecule has 0 aliphatic carbocycles. The van der Waals surface area contributed by atoms with Gasteiger partial charge in [0.15, 0.2) is 17.3 Å². The van der Waals surface area contributed by atoms with Gasteiger partial charge in [0.2, 0.25) is 5.91 Å². The molecule has 1 saturated heterocycles. The smallest absolute Gasteiger partial charge is 0.234 e. The fraction of sp³-hybridized carbons (Fsp3) is 0.375. The fourth-order valence-corrected chi connectivity index (χ4v) is 4.14. The number of carbonyl (C=O) groups excluding carboxylic acids is 1. The van der Waals surface area contributed by atoms with E-state index in [-0.39, 0.29) is 22.7 Å². The minimum Gasteiger partial charge on any atom is -0.493 e. The predicted octanol–water partition coefficient (Wildman–Crippen LogP) is 4.15. The summed E-state index contributed by atoms with van der Waals surface area (Å²) in [6.45, 7) is 4.46. The van der Waals surface area contributed by atoms with Crippen molar-refractivity contribution in [2.75, 3.05) is 38.6 Å². The molecule has 1 aliphatic rings. The Morgan fingerprint density at radius 1 is 1.24 bits per heavy atom. The molecular formula is C24H27ClFN5O3. The number of likely N-dealkylation sites (tertiary alicyclic amines) is 1. The molecular weight excluding hydrogens is 461 g/mol. The van der Waals surface area contributed by atoms with Crippen LogP contribution >= 0.6 is 11.6 Å². The molecule has 180 valence electrons. The van der Waals surface area contributed by atoms with Crippen molar-refractivity contribution in [2.45, 2.75) is 25.9 Å². The van der Waals surface area contributed by atoms with Crippen LogP contribution in [-0.4, -0.2) is 60.2 Å². The maximum absolute atomic E-state index is 14.4. The van der Waals surface area contributed by atoms with Gasteiger partial charge in [0, 0.05) is 31.1 Å². The molecule has 2 N–H and O–H groups in total. The number of likely N-dealkylation sites (N-methyl/N-ethyl adjacent to an activating group) is 1. The van der Waals surface area contributed by atoms with E-state index in [1.54, 1.807) is 31.4 Å². The van der Waals surface area contributed by atoms with Crippen molar-refractivity contribution in [1.29, 1.82) is 0 Å². The summed E-state index contributed by atoms with van der Waals surface area (Å²) < 4.78 is 26.3. The van der Waals surface area contributed by atoms with Crippen LogP contribution in [0.5, 0.6) is 11.5 Å². The van der Waals surface area contributed by atoms with E-state index in [0.717, 1.165) is 25.9 Å². The number of methoxy groups -OCH3 is 1. The predicted molar refractivity (Wildman–Crippen MR) is 130 cm³/mol. The lowest BCUT2D eigenvalue weighted by molar-refractivity contribution is -0.122. The summed E-state index contributed by atoms with van der Waals surface area (Å²) >= 11 is 5.92. The quantitative estimate of drug-likeness (QED) is 0.493. The second-order valence-electron chi connectivity index (χ2n) is 8.02. The van der Waals surface area contributed by atoms with Crippen molar-refractivity contribution in [3.8, 4) is 11.5 Å². The molecule has 10 heteroatoms. The minimum absolute atomic E-state index is 0.0209. The summed E-state index contributed by atoms with van der Waals surface area (Å²) in [5, 5.41) is 6.51. The van der Waals surface area contributed by atoms with Crippen molar-refractivity contribution < 1.29 is 18.7 Å². The molecule has 2 heterocycles. The van der Waals surface area contributed by atoms with Crippen LogP contribution in [0.1, 0.15) is 19.8 Å². The van der Waals surface area contributed by atoms with Crippen LogP contribution in [0.4, 0.5) is 15.9 Å². The average molecular weight is 488 g/mol. The number of hydrogen-bond acceptors (Lipinski definition) is 7. The van der Waals surface area contributed by atoms with Crippen molar-refractivity contribution in [3.63, 3.8) is 0 Å². The first-order chi connectivity index (χ1) is 16.5. The van der Waals surface area contributed by atoms with Gasteiger partial charge >= 0.3 is 0 Å². The third-order valence-corrected chi connectivity index (χ3v) is 5.99. The maximum atomic E-state index is 14.4. The van der Waals surface area contributed by atoms with Gasteiger partial charge in [0.1, 0.15) is 18.2 Å². The third-order valence-electron chi connectivity index (χ3n) is 5.69. The largest absolute Gasteiger partial charge is 0.493 e. The molecule has 1 aromatic heterocycles. The van der Waals surface area contributed by atoms with E-state index in [0.29, 0.717) is 41.3 Å². The van der Waals surface area contributed by atoms with Gasteiger partial charge in [-0.2, -0.15) is 0 Å². The molecule has 0 atom stereocenters. The summed E-state index contributed by atoms with van der Waals surface area (Å²) in [7, 11) is 1.57. The molecule has 1 aliphatic heterocycles. The van der Waals surface area contributed by atoms with Crippen molar-refractivity contribution in [3.05, 3.63) is 47.5 Å². The number of nitrogens with one attached hydrogen (secondary N) is 2. The summed E-state index contributed by atoms with van der Waals surface area (Å²) in [6, 6.07) is 8.31. The first-order valence-corrected chi connectivity index (χ1v) is 11.6. The molecule has 0 bridgehead atoms. The number of nitrogens with zero attached hydrogens (tertiary/aromatic N) is 3. The van der Waals surface area contributed by atoms with E-state index in [2.05, 4.69) is 25.5 Å². The SMILES string of the molecule is CCNC(=O)CN1CCC(Oc2cc3c(Nc4cccc(Cl)c4F)ncnc3cc2OC)CC1. The maximum Gasteiger partial charge on any atom is 0.234 e. The molecule has 0 unspecified atom stereocenters. The fourth-order valence-electron chi connectivity index (χ4n) is 3.96. The molecule has 34 heavy (non-hydrogen) atoms. The van der Waals surface area contributed by atoms with Crippen LogP contribution in [0.2, 0.25) is 5.02 Å². The van der Waals surface area contributed by atoms with E-state index in [1.807, 2.05) is 6.92 Å². The lowest BCUT2D eigenvalue weighted by Crippen LogP contribution is -2.43. The van der Waals surface area contributed by atoms with Gasteiger partial charge in [-0.3, -0.25) is 9.69 Å². The van der Waals surface area contributed by atoms with Gasteiger partial charge in [0.05, 0.1) is 29.9 Å². The molecule has 0 spiro atoms. The number of aromatic nitrogens is 2. The Kier molecular flexibility index (Phi) is 7.64. The van der Waals surface area contributed by atoms with Gasteiger partial charge < -0.3 is 20.1 Å². The first-order valence-electron chi connectivity index (χ1n) is 11.2. The van der Waals surface area contributed by atoms with Crippen LogP contribution < -0.4 is 20.1 Å². The topological polar surface area (TPSA) is 88.6 Å². The number of halogens is 2. The van der Waals surface area contributed by atoms with Gasteiger partial charge in [-0.05, 0) is 38.0 Å². The summed E-state index contributed by atoms with van der Waals surface area (Å²) in [5.41, 5.74) is 0.839. The molecule has 0 radical (unpaired) electrons. The zero-order valence-electron chi connectivity index (χ0n) is 19.1. The molecule has 0 saturated carbocycles. The number of piperidine rings is 1. The highest BCUT2D eigenvalue weighted by Gasteiger charge is 2.23. The summed E-state index contributed by atoms with van der Waals surface area (Å²) in [6.07, 6.45) is 2.94. The Morgan fingerprint density at radius 2 is 2.03 bits per heavy atom. The summed E-state index contributed by atoms with van der Waals surface area (Å²) in [5.74, 6) is 1.02. The van der Waals surface area contributed by atoms with Crippen LogP contribution in [0, 0.1) is 5.82 Å². The zero-order chi connectivity index (χ0) is 24.1. The van der Waals surface area contributed by atoms with Gasteiger partial charge in [0.25, 0.3) is 0 Å². The van der Waals surface area contributed by atoms with E-state index in [9.17, 15) is 9.18 Å². The van der Waals surface area contributed by atoms with Crippen LogP contribution in [0.15, 0.2) is 36.7 Å². The highest BCUT2D eigenvalue weighted by Crippen LogP contribution is 2.36. The van der Waals surface area contributed by atoms with Crippen LogP contribution in [0.25, 0.3) is 10.9 Å². The number of rotatable bonds is 8. The molecule has 4 rings (SSSR count).